The minimum atomic E-state index is -4.60. The van der Waals surface area contributed by atoms with Crippen molar-refractivity contribution >= 4 is 49.6 Å². The monoisotopic (exact) mass is 901 g/mol. The minimum Gasteiger partial charge on any atom is -0.455 e. The number of pyridine rings is 1. The number of hydrogen-bond acceptors (Lipinski definition) is 11. The van der Waals surface area contributed by atoms with Crippen LogP contribution in [-0.2, 0) is 20.9 Å². The van der Waals surface area contributed by atoms with Crippen LogP contribution >= 0.6 is 0 Å². The van der Waals surface area contributed by atoms with Gasteiger partial charge >= 0.3 is 6.18 Å². The number of carbonyl (C=O) groups is 1. The molecule has 2 aromatic heterocycles. The summed E-state index contributed by atoms with van der Waals surface area (Å²) in [6.45, 7) is 9.35. The third kappa shape index (κ3) is 10.3. The molecule has 338 valence electrons. The largest absolute Gasteiger partial charge is 0.455 e. The van der Waals surface area contributed by atoms with Gasteiger partial charge in [-0.25, -0.2) is 18.1 Å². The van der Waals surface area contributed by atoms with Crippen molar-refractivity contribution in [1.29, 1.82) is 0 Å². The summed E-state index contributed by atoms with van der Waals surface area (Å²) in [7, 11) is -4.60. The molecule has 0 saturated carbocycles. The minimum absolute atomic E-state index is 0.0191. The van der Waals surface area contributed by atoms with E-state index in [1.807, 2.05) is 6.07 Å². The van der Waals surface area contributed by atoms with Gasteiger partial charge in [0.25, 0.3) is 21.6 Å². The van der Waals surface area contributed by atoms with Gasteiger partial charge in [-0.2, -0.15) is 13.2 Å². The van der Waals surface area contributed by atoms with Gasteiger partial charge in [0.2, 0.25) is 0 Å². The SMILES string of the molecule is CC1(C)CCC(CN2CCN(c3ccc(C(=O)NS(=O)(=O)c4ccc(NCC5CCOCC5)c([N+](=O)[O-])c4)c(Oc4cnc5[nH]ccc5c4)c3)CC2)=C(c2ccc(C(F)(F)F)cc2)C1. The number of rotatable bonds is 13. The Kier molecular flexibility index (Phi) is 12.7. The number of nitro benzene ring substituents is 1. The summed E-state index contributed by atoms with van der Waals surface area (Å²) in [5.74, 6) is -0.377. The number of aromatic amines is 1. The van der Waals surface area contributed by atoms with E-state index in [0.717, 1.165) is 72.5 Å². The van der Waals surface area contributed by atoms with E-state index in [1.54, 1.807) is 36.5 Å². The summed E-state index contributed by atoms with van der Waals surface area (Å²) < 4.78 is 81.2. The first-order valence-corrected chi connectivity index (χ1v) is 22.8. The van der Waals surface area contributed by atoms with E-state index >= 15 is 0 Å². The maximum absolute atomic E-state index is 13.9. The first-order valence-electron chi connectivity index (χ1n) is 21.3. The number of aromatic nitrogens is 2. The number of H-pyrrole nitrogens is 1. The number of halogens is 3. The number of carbonyl (C=O) groups excluding carboxylic acids is 1. The molecular formula is C46H50F3N7O7S. The second-order valence-electron chi connectivity index (χ2n) is 17.4. The number of sulfonamides is 1. The molecule has 4 heterocycles. The van der Waals surface area contributed by atoms with Crippen molar-refractivity contribution in [1.82, 2.24) is 19.6 Å². The summed E-state index contributed by atoms with van der Waals surface area (Å²) in [5.41, 5.74) is 3.49. The molecule has 2 aliphatic heterocycles. The van der Waals surface area contributed by atoms with Gasteiger partial charge in [0.05, 0.1) is 27.1 Å². The molecule has 1 aliphatic carbocycles. The maximum Gasteiger partial charge on any atom is 0.416 e. The molecule has 5 aromatic rings. The van der Waals surface area contributed by atoms with Gasteiger partial charge in [-0.05, 0) is 103 Å². The van der Waals surface area contributed by atoms with Crippen molar-refractivity contribution in [3.63, 3.8) is 0 Å². The number of ether oxygens (including phenoxy) is 2. The Balaban J connectivity index is 1.000. The number of allylic oxidation sites excluding steroid dienone is 1. The molecule has 8 rings (SSSR count). The first kappa shape index (κ1) is 44.6. The fourth-order valence-corrected chi connectivity index (χ4v) is 9.60. The lowest BCUT2D eigenvalue weighted by molar-refractivity contribution is -0.384. The van der Waals surface area contributed by atoms with Gasteiger partial charge in [0.15, 0.2) is 0 Å². The number of fused-ring (bicyclic) bond motifs is 1. The number of amides is 1. The van der Waals surface area contributed by atoms with E-state index in [2.05, 4.69) is 43.7 Å². The lowest BCUT2D eigenvalue weighted by Crippen LogP contribution is -2.47. The topological polar surface area (TPSA) is 172 Å². The smallest absolute Gasteiger partial charge is 0.416 e. The zero-order chi connectivity index (χ0) is 45.2. The molecule has 3 N–H and O–H groups in total. The van der Waals surface area contributed by atoms with Crippen LogP contribution in [0.3, 0.4) is 0 Å². The lowest BCUT2D eigenvalue weighted by atomic mass is 9.72. The molecule has 1 amide bonds. The summed E-state index contributed by atoms with van der Waals surface area (Å²) in [4.78, 5) is 36.7. The zero-order valence-electron chi connectivity index (χ0n) is 35.5. The van der Waals surface area contributed by atoms with Gasteiger partial charge in [0.1, 0.15) is 22.8 Å². The first-order chi connectivity index (χ1) is 30.5. The maximum atomic E-state index is 13.9. The standard InChI is InChI=1S/C46H50F3N7O7S/c1-45(2)15-11-33(39(26-45)31-3-5-34(6-4-31)46(47,48)49)29-54-17-19-55(20-18-54)35-7-9-38(42(24-35)63-36-23-32-12-16-50-43(32)52-28-36)44(57)53-64(60,61)37-8-10-40(41(25-37)56(58)59)51-27-30-13-21-62-22-14-30/h3-10,12,16,23-25,28,30,51H,11,13-15,17-22,26-27,29H2,1-2H3,(H,50,52)(H,53,57). The molecular weight excluding hydrogens is 852 g/mol. The summed E-state index contributed by atoms with van der Waals surface area (Å²) in [5, 5.41) is 15.9. The predicted molar refractivity (Wildman–Crippen MR) is 237 cm³/mol. The Bertz CT molecular complexity index is 2670. The summed E-state index contributed by atoms with van der Waals surface area (Å²) in [6, 6.07) is 17.4. The van der Waals surface area contributed by atoms with Gasteiger partial charge in [-0.1, -0.05) is 31.6 Å². The van der Waals surface area contributed by atoms with Crippen LogP contribution in [-0.4, -0.2) is 86.6 Å². The van der Waals surface area contributed by atoms with Crippen LogP contribution in [0.1, 0.15) is 67.4 Å². The third-order valence-corrected chi connectivity index (χ3v) is 13.7. The van der Waals surface area contributed by atoms with Crippen LogP contribution in [0.5, 0.6) is 11.5 Å². The zero-order valence-corrected chi connectivity index (χ0v) is 36.4. The Morgan fingerprint density at radius 1 is 1.02 bits per heavy atom. The Hall–Kier alpha value is -5.98. The molecule has 0 radical (unpaired) electrons. The summed E-state index contributed by atoms with van der Waals surface area (Å²) >= 11 is 0. The number of hydrogen-bond donors (Lipinski definition) is 3. The second-order valence-corrected chi connectivity index (χ2v) is 19.1. The second kappa shape index (κ2) is 18.3. The fourth-order valence-electron chi connectivity index (χ4n) is 8.61. The average Bonchev–Trinajstić information content (AvgIpc) is 3.74. The van der Waals surface area contributed by atoms with Crippen molar-refractivity contribution in [2.45, 2.75) is 57.0 Å². The van der Waals surface area contributed by atoms with E-state index in [9.17, 15) is 36.5 Å². The highest BCUT2D eigenvalue weighted by atomic mass is 32.2. The number of piperazine rings is 1. The van der Waals surface area contributed by atoms with Crippen LogP contribution < -0.4 is 19.7 Å². The van der Waals surface area contributed by atoms with E-state index < -0.39 is 43.2 Å². The van der Waals surface area contributed by atoms with E-state index in [4.69, 9.17) is 9.47 Å². The van der Waals surface area contributed by atoms with Crippen molar-refractivity contribution in [2.24, 2.45) is 11.3 Å². The van der Waals surface area contributed by atoms with Gasteiger partial charge in [0, 0.05) is 81.9 Å². The molecule has 18 heteroatoms. The number of nitrogens with one attached hydrogen (secondary N) is 3. The number of alkyl halides is 3. The molecule has 0 atom stereocenters. The highest BCUT2D eigenvalue weighted by molar-refractivity contribution is 7.90. The van der Waals surface area contributed by atoms with E-state index in [0.29, 0.717) is 63.9 Å². The molecule has 0 unspecified atom stereocenters. The Morgan fingerprint density at radius 3 is 2.48 bits per heavy atom. The normalized spacial score (nSPS) is 17.7. The molecule has 2 saturated heterocycles. The number of anilines is 2. The van der Waals surface area contributed by atoms with E-state index in [-0.39, 0.29) is 28.3 Å². The molecule has 3 aliphatic rings. The quantitative estimate of drug-likeness (QED) is 0.0761. The van der Waals surface area contributed by atoms with Crippen molar-refractivity contribution < 1.29 is 40.8 Å². The van der Waals surface area contributed by atoms with Gasteiger partial charge in [-0.15, -0.1) is 0 Å². The predicted octanol–water partition coefficient (Wildman–Crippen LogP) is 9.03. The lowest BCUT2D eigenvalue weighted by Gasteiger charge is -2.39. The van der Waals surface area contributed by atoms with Crippen molar-refractivity contribution in [3.8, 4) is 11.5 Å². The van der Waals surface area contributed by atoms with Crippen LogP contribution in [0.15, 0.2) is 95.7 Å². The van der Waals surface area contributed by atoms with Crippen LogP contribution in [0.2, 0.25) is 0 Å². The Morgan fingerprint density at radius 2 is 1.77 bits per heavy atom. The van der Waals surface area contributed by atoms with Crippen molar-refractivity contribution in [3.05, 3.63) is 118 Å². The molecule has 0 spiro atoms. The molecule has 64 heavy (non-hydrogen) atoms. The number of nitrogens with zero attached hydrogens (tertiary/aromatic N) is 4. The number of benzene rings is 3. The fraction of sp³-hybridized carbons (Fsp3) is 0.391. The molecule has 0 bridgehead atoms. The molecule has 3 aromatic carbocycles. The highest BCUT2D eigenvalue weighted by Crippen LogP contribution is 2.44. The average molecular weight is 902 g/mol. The van der Waals surface area contributed by atoms with Crippen molar-refractivity contribution in [2.75, 3.05) is 62.7 Å². The van der Waals surface area contributed by atoms with Gasteiger partial charge in [-0.3, -0.25) is 19.8 Å². The van der Waals surface area contributed by atoms with Crippen LogP contribution in [0.25, 0.3) is 16.6 Å². The molecule has 14 nitrogen and oxygen atoms in total. The van der Waals surface area contributed by atoms with Crippen LogP contribution in [0, 0.1) is 21.4 Å². The van der Waals surface area contributed by atoms with E-state index in [1.165, 1.54) is 30.0 Å². The number of nitro groups is 1. The Labute approximate surface area is 369 Å². The third-order valence-electron chi connectivity index (χ3n) is 12.3. The highest BCUT2D eigenvalue weighted by Gasteiger charge is 2.33. The van der Waals surface area contributed by atoms with Crippen LogP contribution in [0.4, 0.5) is 30.2 Å². The molecule has 2 fully saturated rings. The van der Waals surface area contributed by atoms with Gasteiger partial charge < -0.3 is 24.7 Å². The summed E-state index contributed by atoms with van der Waals surface area (Å²) in [6.07, 6.45) is 3.01.